The average Bonchev–Trinajstić information content (AvgIpc) is 3.24. The van der Waals surface area contributed by atoms with E-state index in [1.165, 1.54) is 21.7 Å². The van der Waals surface area contributed by atoms with Crippen LogP contribution in [-0.2, 0) is 0 Å². The van der Waals surface area contributed by atoms with Crippen molar-refractivity contribution in [1.29, 1.82) is 0 Å². The molecule has 0 bridgehead atoms. The summed E-state index contributed by atoms with van der Waals surface area (Å²) in [6, 6.07) is 10.8. The van der Waals surface area contributed by atoms with Crippen LogP contribution in [0.4, 0.5) is 5.69 Å². The SMILES string of the molecule is COc1ccccc1N=Cc1c(C)[nH]n(-c2ccc3nncn3n2)c1=O. The van der Waals surface area contributed by atoms with Crippen LogP contribution >= 0.6 is 0 Å². The van der Waals surface area contributed by atoms with Crippen molar-refractivity contribution in [3.63, 3.8) is 0 Å². The van der Waals surface area contributed by atoms with Gasteiger partial charge in [0.05, 0.1) is 12.7 Å². The highest BCUT2D eigenvalue weighted by molar-refractivity contribution is 5.83. The molecule has 9 heteroatoms. The number of aliphatic imine (C=N–C) groups is 1. The maximum Gasteiger partial charge on any atom is 0.281 e. The lowest BCUT2D eigenvalue weighted by atomic mass is 10.2. The molecule has 0 saturated carbocycles. The van der Waals surface area contributed by atoms with Gasteiger partial charge in [-0.05, 0) is 31.2 Å². The lowest BCUT2D eigenvalue weighted by molar-refractivity contribution is 0.416. The Kier molecular flexibility index (Phi) is 3.81. The molecule has 130 valence electrons. The van der Waals surface area contributed by atoms with Crippen LogP contribution < -0.4 is 10.3 Å². The minimum atomic E-state index is -0.249. The first-order valence-electron chi connectivity index (χ1n) is 7.83. The van der Waals surface area contributed by atoms with Crippen LogP contribution in [0.1, 0.15) is 11.3 Å². The van der Waals surface area contributed by atoms with Crippen molar-refractivity contribution in [2.75, 3.05) is 7.11 Å². The van der Waals surface area contributed by atoms with Gasteiger partial charge in [0.2, 0.25) is 0 Å². The molecule has 0 unspecified atom stereocenters. The first-order chi connectivity index (χ1) is 12.7. The number of fused-ring (bicyclic) bond motifs is 1. The molecule has 26 heavy (non-hydrogen) atoms. The lowest BCUT2D eigenvalue weighted by Crippen LogP contribution is -2.19. The standard InChI is InChI=1S/C17H15N7O2/c1-11-12(9-18-13-5-3-4-6-14(13)26-2)17(25)24(21-11)16-8-7-15-20-19-10-23(15)22-16/h3-10,21H,1-2H3. The van der Waals surface area contributed by atoms with Crippen LogP contribution in [0.3, 0.4) is 0 Å². The quantitative estimate of drug-likeness (QED) is 0.565. The Labute approximate surface area is 147 Å². The molecule has 0 spiro atoms. The first-order valence-corrected chi connectivity index (χ1v) is 7.83. The lowest BCUT2D eigenvalue weighted by Gasteiger charge is -2.02. The second-order valence-corrected chi connectivity index (χ2v) is 5.55. The number of aromatic amines is 1. The Morgan fingerprint density at radius 2 is 2.08 bits per heavy atom. The van der Waals surface area contributed by atoms with Crippen LogP contribution in [-0.4, -0.2) is 42.9 Å². The summed E-state index contributed by atoms with van der Waals surface area (Å²) >= 11 is 0. The predicted molar refractivity (Wildman–Crippen MR) is 95.7 cm³/mol. The molecule has 4 rings (SSSR count). The van der Waals surface area contributed by atoms with Gasteiger partial charge < -0.3 is 4.74 Å². The third kappa shape index (κ3) is 2.65. The maximum atomic E-state index is 12.8. The number of aromatic nitrogens is 6. The van der Waals surface area contributed by atoms with Gasteiger partial charge in [-0.25, -0.2) is 0 Å². The molecule has 0 aliphatic rings. The summed E-state index contributed by atoms with van der Waals surface area (Å²) in [6.07, 6.45) is 3.00. The predicted octanol–water partition coefficient (Wildman–Crippen LogP) is 1.67. The minimum Gasteiger partial charge on any atom is -0.494 e. The molecule has 3 aromatic heterocycles. The number of hydrogen-bond acceptors (Lipinski definition) is 6. The van der Waals surface area contributed by atoms with Gasteiger partial charge in [0.1, 0.15) is 17.8 Å². The van der Waals surface area contributed by atoms with E-state index in [2.05, 4.69) is 25.4 Å². The molecule has 0 amide bonds. The molecule has 0 radical (unpaired) electrons. The van der Waals surface area contributed by atoms with Crippen LogP contribution in [0.5, 0.6) is 5.75 Å². The Bertz CT molecular complexity index is 1170. The van der Waals surface area contributed by atoms with Crippen LogP contribution in [0, 0.1) is 6.92 Å². The topological polar surface area (TPSA) is 102 Å². The first kappa shape index (κ1) is 15.8. The molecule has 0 fully saturated rings. The summed E-state index contributed by atoms with van der Waals surface area (Å²) in [5.74, 6) is 1.07. The Hall–Kier alpha value is -3.75. The van der Waals surface area contributed by atoms with Crippen molar-refractivity contribution >= 4 is 17.5 Å². The highest BCUT2D eigenvalue weighted by Crippen LogP contribution is 2.26. The van der Waals surface area contributed by atoms with Crippen molar-refractivity contribution in [1.82, 2.24) is 29.6 Å². The van der Waals surface area contributed by atoms with E-state index in [4.69, 9.17) is 4.74 Å². The van der Waals surface area contributed by atoms with Crippen LogP contribution in [0.25, 0.3) is 11.5 Å². The van der Waals surface area contributed by atoms with Crippen LogP contribution in [0.2, 0.25) is 0 Å². The third-order valence-corrected chi connectivity index (χ3v) is 3.91. The van der Waals surface area contributed by atoms with Gasteiger partial charge >= 0.3 is 0 Å². The van der Waals surface area contributed by atoms with E-state index in [9.17, 15) is 4.79 Å². The molecule has 9 nitrogen and oxygen atoms in total. The fraction of sp³-hybridized carbons (Fsp3) is 0.118. The number of nitrogens with one attached hydrogen (secondary N) is 1. The van der Waals surface area contributed by atoms with Gasteiger partial charge in [-0.1, -0.05) is 12.1 Å². The van der Waals surface area contributed by atoms with Crippen molar-refractivity contribution in [3.05, 3.63) is 64.3 Å². The highest BCUT2D eigenvalue weighted by atomic mass is 16.5. The second kappa shape index (κ2) is 6.28. The zero-order valence-electron chi connectivity index (χ0n) is 14.1. The Balaban J connectivity index is 1.75. The molecule has 0 aliphatic heterocycles. The van der Waals surface area contributed by atoms with Gasteiger partial charge in [-0.3, -0.25) is 14.9 Å². The number of hydrogen-bond donors (Lipinski definition) is 1. The molecule has 0 atom stereocenters. The summed E-state index contributed by atoms with van der Waals surface area (Å²) < 4.78 is 8.13. The van der Waals surface area contributed by atoms with E-state index < -0.39 is 0 Å². The van der Waals surface area contributed by atoms with Crippen LogP contribution in [0.15, 0.2) is 52.5 Å². The Morgan fingerprint density at radius 3 is 2.92 bits per heavy atom. The van der Waals surface area contributed by atoms with E-state index in [0.717, 1.165) is 0 Å². The van der Waals surface area contributed by atoms with Crippen molar-refractivity contribution in [3.8, 4) is 11.6 Å². The number of rotatable bonds is 4. The number of para-hydroxylation sites is 2. The Morgan fingerprint density at radius 1 is 1.23 bits per heavy atom. The largest absolute Gasteiger partial charge is 0.494 e. The summed E-state index contributed by atoms with van der Waals surface area (Å²) in [5, 5.41) is 15.0. The molecule has 0 aliphatic carbocycles. The number of methoxy groups -OCH3 is 1. The molecule has 4 aromatic rings. The third-order valence-electron chi connectivity index (χ3n) is 3.91. The number of aryl methyl sites for hydroxylation is 1. The molecule has 1 N–H and O–H groups in total. The fourth-order valence-electron chi connectivity index (χ4n) is 2.58. The number of H-pyrrole nitrogens is 1. The highest BCUT2D eigenvalue weighted by Gasteiger charge is 2.13. The normalized spacial score (nSPS) is 11.5. The van der Waals surface area contributed by atoms with Gasteiger partial charge in [0.15, 0.2) is 11.5 Å². The van der Waals surface area contributed by atoms with E-state index in [-0.39, 0.29) is 5.56 Å². The molecular formula is C17H15N7O2. The number of nitrogens with zero attached hydrogens (tertiary/aromatic N) is 6. The maximum absolute atomic E-state index is 12.8. The molecule has 0 saturated heterocycles. The van der Waals surface area contributed by atoms with Crippen molar-refractivity contribution in [2.24, 2.45) is 4.99 Å². The van der Waals surface area contributed by atoms with Gasteiger partial charge in [-0.15, -0.1) is 15.3 Å². The molecular weight excluding hydrogens is 334 g/mol. The zero-order chi connectivity index (χ0) is 18.1. The van der Waals surface area contributed by atoms with Gasteiger partial charge in [0.25, 0.3) is 5.56 Å². The number of ether oxygens (including phenoxy) is 1. The minimum absolute atomic E-state index is 0.249. The van der Waals surface area contributed by atoms with E-state index in [1.807, 2.05) is 24.3 Å². The smallest absolute Gasteiger partial charge is 0.281 e. The summed E-state index contributed by atoms with van der Waals surface area (Å²) in [5.41, 5.74) is 2.12. The summed E-state index contributed by atoms with van der Waals surface area (Å²) in [6.45, 7) is 1.80. The molecule has 3 heterocycles. The monoisotopic (exact) mass is 349 g/mol. The van der Waals surface area contributed by atoms with Crippen molar-refractivity contribution < 1.29 is 4.74 Å². The van der Waals surface area contributed by atoms with Crippen molar-refractivity contribution in [2.45, 2.75) is 6.92 Å². The fourth-order valence-corrected chi connectivity index (χ4v) is 2.58. The number of benzene rings is 1. The summed E-state index contributed by atoms with van der Waals surface area (Å²) in [7, 11) is 1.58. The van der Waals surface area contributed by atoms with E-state index in [1.54, 1.807) is 26.2 Å². The average molecular weight is 349 g/mol. The van der Waals surface area contributed by atoms with Gasteiger partial charge in [0, 0.05) is 11.9 Å². The van der Waals surface area contributed by atoms with E-state index >= 15 is 0 Å². The molecule has 1 aromatic carbocycles. The second-order valence-electron chi connectivity index (χ2n) is 5.55. The van der Waals surface area contributed by atoms with E-state index in [0.29, 0.717) is 34.2 Å². The summed E-state index contributed by atoms with van der Waals surface area (Å²) in [4.78, 5) is 17.2. The van der Waals surface area contributed by atoms with Gasteiger partial charge in [-0.2, -0.15) is 9.20 Å². The zero-order valence-corrected chi connectivity index (χ0v) is 14.1.